The minimum Gasteiger partial charge on any atom is -0.367 e. The molecule has 0 saturated carbocycles. The second-order valence-electron chi connectivity index (χ2n) is 8.98. The van der Waals surface area contributed by atoms with Crippen LogP contribution in [0.2, 0.25) is 0 Å². The van der Waals surface area contributed by atoms with Gasteiger partial charge in [0.25, 0.3) is 0 Å². The van der Waals surface area contributed by atoms with Crippen molar-refractivity contribution in [1.82, 2.24) is 15.0 Å². The summed E-state index contributed by atoms with van der Waals surface area (Å²) in [5.74, 6) is 0.740. The molecule has 0 bridgehead atoms. The number of piperidine rings is 1. The number of aromatic nitrogens is 3. The summed E-state index contributed by atoms with van der Waals surface area (Å²) in [6.45, 7) is 7.19. The Balaban J connectivity index is 1.72. The van der Waals surface area contributed by atoms with E-state index >= 15 is 0 Å². The van der Waals surface area contributed by atoms with Gasteiger partial charge in [-0.3, -0.25) is 4.98 Å². The van der Waals surface area contributed by atoms with Gasteiger partial charge in [0.2, 0.25) is 0 Å². The zero-order valence-corrected chi connectivity index (χ0v) is 18.7. The molecule has 0 spiro atoms. The summed E-state index contributed by atoms with van der Waals surface area (Å²) in [6.07, 6.45) is 3.24. The normalized spacial score (nSPS) is 19.0. The summed E-state index contributed by atoms with van der Waals surface area (Å²) >= 11 is 0. The molecule has 1 fully saturated rings. The average molecular weight is 430 g/mol. The molecular weight excluding hydrogens is 401 g/mol. The maximum atomic E-state index is 14.7. The Morgan fingerprint density at radius 1 is 1.00 bits per heavy atom. The van der Waals surface area contributed by atoms with E-state index in [1.54, 1.807) is 0 Å². The van der Waals surface area contributed by atoms with Crippen molar-refractivity contribution in [3.05, 3.63) is 65.5 Å². The molecule has 1 aliphatic heterocycles. The molecule has 5 nitrogen and oxygen atoms in total. The van der Waals surface area contributed by atoms with Crippen molar-refractivity contribution in [3.8, 4) is 22.5 Å². The van der Waals surface area contributed by atoms with Gasteiger partial charge in [-0.05, 0) is 50.5 Å². The maximum Gasteiger partial charge on any atom is 0.142 e. The highest BCUT2D eigenvalue weighted by molar-refractivity contribution is 5.91. The SMILES string of the molecule is Cc1cc(C)cc(-c2cncc(-c3nc4ccc(C)cc4[nH]3)c2N2CC[C@H](N)[C@@H](F)C2)c1. The van der Waals surface area contributed by atoms with E-state index in [4.69, 9.17) is 10.7 Å². The van der Waals surface area contributed by atoms with E-state index in [0.29, 0.717) is 13.0 Å². The summed E-state index contributed by atoms with van der Waals surface area (Å²) in [5.41, 5.74) is 15.3. The fourth-order valence-corrected chi connectivity index (χ4v) is 4.69. The van der Waals surface area contributed by atoms with Crippen LogP contribution in [0.3, 0.4) is 0 Å². The van der Waals surface area contributed by atoms with Crippen LogP contribution in [0.1, 0.15) is 23.1 Å². The summed E-state index contributed by atoms with van der Waals surface area (Å²) in [6, 6.07) is 12.2. The van der Waals surface area contributed by atoms with Crippen LogP contribution in [0.25, 0.3) is 33.5 Å². The van der Waals surface area contributed by atoms with Crippen LogP contribution < -0.4 is 10.6 Å². The quantitative estimate of drug-likeness (QED) is 0.476. The van der Waals surface area contributed by atoms with Gasteiger partial charge in [-0.15, -0.1) is 0 Å². The molecule has 3 heterocycles. The fraction of sp³-hybridized carbons (Fsp3) is 0.308. The van der Waals surface area contributed by atoms with Gasteiger partial charge >= 0.3 is 0 Å². The Bertz CT molecular complexity index is 1270. The minimum atomic E-state index is -1.07. The lowest BCUT2D eigenvalue weighted by atomic mass is 9.96. The van der Waals surface area contributed by atoms with Crippen molar-refractivity contribution >= 4 is 16.7 Å². The maximum absolute atomic E-state index is 14.7. The smallest absolute Gasteiger partial charge is 0.142 e. The first-order valence-corrected chi connectivity index (χ1v) is 11.1. The second kappa shape index (κ2) is 8.02. The molecule has 2 aromatic carbocycles. The summed E-state index contributed by atoms with van der Waals surface area (Å²) < 4.78 is 14.7. The van der Waals surface area contributed by atoms with Gasteiger partial charge < -0.3 is 15.6 Å². The Morgan fingerprint density at radius 3 is 2.50 bits per heavy atom. The van der Waals surface area contributed by atoms with Crippen molar-refractivity contribution < 1.29 is 4.39 Å². The lowest BCUT2D eigenvalue weighted by Crippen LogP contribution is -2.49. The van der Waals surface area contributed by atoms with Crippen LogP contribution in [-0.2, 0) is 0 Å². The van der Waals surface area contributed by atoms with E-state index in [1.165, 1.54) is 16.7 Å². The number of anilines is 1. The predicted molar refractivity (Wildman–Crippen MR) is 129 cm³/mol. The summed E-state index contributed by atoms with van der Waals surface area (Å²) in [4.78, 5) is 15.0. The van der Waals surface area contributed by atoms with Crippen LogP contribution in [0.5, 0.6) is 0 Å². The molecular formula is C26H28FN5. The molecule has 32 heavy (non-hydrogen) atoms. The van der Waals surface area contributed by atoms with Crippen molar-refractivity contribution in [1.29, 1.82) is 0 Å². The number of nitrogens with one attached hydrogen (secondary N) is 1. The number of nitrogens with zero attached hydrogens (tertiary/aromatic N) is 3. The number of aromatic amines is 1. The van der Waals surface area contributed by atoms with E-state index in [-0.39, 0.29) is 6.54 Å². The Hall–Kier alpha value is -3.25. The second-order valence-corrected chi connectivity index (χ2v) is 8.98. The van der Waals surface area contributed by atoms with E-state index in [9.17, 15) is 4.39 Å². The molecule has 0 radical (unpaired) electrons. The Labute approximate surface area is 187 Å². The van der Waals surface area contributed by atoms with Crippen molar-refractivity contribution in [3.63, 3.8) is 0 Å². The monoisotopic (exact) mass is 429 g/mol. The molecule has 0 amide bonds. The fourth-order valence-electron chi connectivity index (χ4n) is 4.69. The lowest BCUT2D eigenvalue weighted by Gasteiger charge is -2.36. The number of benzene rings is 2. The highest BCUT2D eigenvalue weighted by atomic mass is 19.1. The molecule has 2 atom stereocenters. The average Bonchev–Trinajstić information content (AvgIpc) is 3.17. The first-order chi connectivity index (χ1) is 15.4. The molecule has 5 rings (SSSR count). The van der Waals surface area contributed by atoms with E-state index in [1.807, 2.05) is 18.5 Å². The van der Waals surface area contributed by atoms with Crippen molar-refractivity contribution in [2.45, 2.75) is 39.4 Å². The van der Waals surface area contributed by atoms with E-state index < -0.39 is 12.2 Å². The molecule has 4 aromatic rings. The van der Waals surface area contributed by atoms with Gasteiger partial charge in [0.05, 0.1) is 28.8 Å². The van der Waals surface area contributed by atoms with Crippen molar-refractivity contribution in [2.75, 3.05) is 18.0 Å². The third kappa shape index (κ3) is 3.75. The molecule has 164 valence electrons. The van der Waals surface area contributed by atoms with Gasteiger partial charge in [0.15, 0.2) is 0 Å². The summed E-state index contributed by atoms with van der Waals surface area (Å²) in [5, 5.41) is 0. The largest absolute Gasteiger partial charge is 0.367 e. The molecule has 0 aliphatic carbocycles. The van der Waals surface area contributed by atoms with Gasteiger partial charge in [0.1, 0.15) is 12.0 Å². The third-order valence-electron chi connectivity index (χ3n) is 6.25. The molecule has 1 aliphatic rings. The predicted octanol–water partition coefficient (Wildman–Crippen LogP) is 5.09. The molecule has 3 N–H and O–H groups in total. The van der Waals surface area contributed by atoms with Gasteiger partial charge in [0, 0.05) is 30.5 Å². The van der Waals surface area contributed by atoms with Gasteiger partial charge in [-0.25, -0.2) is 9.37 Å². The van der Waals surface area contributed by atoms with Crippen LogP contribution >= 0.6 is 0 Å². The molecule has 2 aromatic heterocycles. The van der Waals surface area contributed by atoms with Crippen LogP contribution in [0.15, 0.2) is 48.8 Å². The molecule has 6 heteroatoms. The number of alkyl halides is 1. The van der Waals surface area contributed by atoms with Gasteiger partial charge in [-0.2, -0.15) is 0 Å². The minimum absolute atomic E-state index is 0.259. The zero-order valence-electron chi connectivity index (χ0n) is 18.7. The van der Waals surface area contributed by atoms with Crippen LogP contribution in [0, 0.1) is 20.8 Å². The lowest BCUT2D eigenvalue weighted by molar-refractivity contribution is 0.251. The topological polar surface area (TPSA) is 70.8 Å². The number of imidazole rings is 1. The Kier molecular flexibility index (Phi) is 5.18. The van der Waals surface area contributed by atoms with Crippen LogP contribution in [0.4, 0.5) is 10.1 Å². The van der Waals surface area contributed by atoms with Crippen LogP contribution in [-0.4, -0.2) is 40.3 Å². The molecule has 0 unspecified atom stereocenters. The standard InChI is InChI=1S/C26H28FN5/c1-15-4-5-23-24(11-15)31-26(30-23)20-13-29-12-19(18-9-16(2)8-17(3)10-18)25(20)32-7-6-22(28)21(27)14-32/h4-5,8-13,21-22H,6-7,14,28H2,1-3H3,(H,30,31)/t21-,22-/m0/s1. The Morgan fingerprint density at radius 2 is 1.75 bits per heavy atom. The number of rotatable bonds is 3. The van der Waals surface area contributed by atoms with Gasteiger partial charge in [-0.1, -0.05) is 35.4 Å². The zero-order chi connectivity index (χ0) is 22.4. The number of aryl methyl sites for hydroxylation is 3. The van der Waals surface area contributed by atoms with E-state index in [2.05, 4.69) is 66.0 Å². The van der Waals surface area contributed by atoms with Crippen molar-refractivity contribution in [2.24, 2.45) is 5.73 Å². The molecule has 1 saturated heterocycles. The number of fused-ring (bicyclic) bond motifs is 1. The number of H-pyrrole nitrogens is 1. The third-order valence-corrected chi connectivity index (χ3v) is 6.25. The number of pyridine rings is 1. The first kappa shape index (κ1) is 20.6. The highest BCUT2D eigenvalue weighted by Gasteiger charge is 2.30. The number of hydrogen-bond donors (Lipinski definition) is 2. The highest BCUT2D eigenvalue weighted by Crippen LogP contribution is 2.40. The van der Waals surface area contributed by atoms with E-state index in [0.717, 1.165) is 39.2 Å². The summed E-state index contributed by atoms with van der Waals surface area (Å²) in [7, 11) is 0. The number of hydrogen-bond acceptors (Lipinski definition) is 4. The number of halogens is 1. The number of nitrogens with two attached hydrogens (primary N) is 1. The first-order valence-electron chi connectivity index (χ1n) is 11.1.